The van der Waals surface area contributed by atoms with Crippen molar-refractivity contribution in [3.05, 3.63) is 35.3 Å². The lowest BCUT2D eigenvalue weighted by atomic mass is 10.3. The molecule has 3 rings (SSSR count). The predicted molar refractivity (Wildman–Crippen MR) is 92.9 cm³/mol. The largest absolute Gasteiger partial charge is 0.434 e. The Kier molecular flexibility index (Phi) is 5.50. The number of amides is 1. The Morgan fingerprint density at radius 1 is 1.16 bits per heavy atom. The Hall–Kier alpha value is -1.78. The van der Waals surface area contributed by atoms with Gasteiger partial charge in [0.1, 0.15) is 0 Å². The van der Waals surface area contributed by atoms with Crippen LogP contribution in [0, 0.1) is 0 Å². The van der Waals surface area contributed by atoms with Crippen LogP contribution >= 0.6 is 23.3 Å². The van der Waals surface area contributed by atoms with Crippen molar-refractivity contribution in [3.63, 3.8) is 0 Å². The van der Waals surface area contributed by atoms with Gasteiger partial charge in [-0.15, -0.1) is 11.3 Å². The lowest BCUT2D eigenvalue weighted by Gasteiger charge is -2.33. The summed E-state index contributed by atoms with van der Waals surface area (Å²) in [5, 5.41) is 4.06. The van der Waals surface area contributed by atoms with Gasteiger partial charge in [0.2, 0.25) is 6.41 Å². The van der Waals surface area contributed by atoms with Gasteiger partial charge in [-0.3, -0.25) is 4.79 Å². The number of piperazine rings is 1. The summed E-state index contributed by atoms with van der Waals surface area (Å²) in [5.41, 5.74) is -0.0956. The molecular weight excluding hydrogens is 373 g/mol. The first-order valence-electron chi connectivity index (χ1n) is 7.46. The minimum Gasteiger partial charge on any atom is -0.345 e. The van der Waals surface area contributed by atoms with Crippen molar-refractivity contribution in [3.8, 4) is 0 Å². The first-order chi connectivity index (χ1) is 12.0. The molecule has 1 aliphatic rings. The first-order valence-corrected chi connectivity index (χ1v) is 9.12. The van der Waals surface area contributed by atoms with Gasteiger partial charge in [-0.2, -0.15) is 13.2 Å². The second-order valence-electron chi connectivity index (χ2n) is 5.31. The van der Waals surface area contributed by atoms with E-state index in [2.05, 4.69) is 14.6 Å². The minimum atomic E-state index is -4.39. The molecule has 0 aliphatic carbocycles. The highest BCUT2D eigenvalue weighted by molar-refractivity contribution is 7.97. The number of benzene rings is 1. The summed E-state index contributed by atoms with van der Waals surface area (Å²) in [4.78, 5) is 17.0. The molecular formula is C15H15F3N4OS2. The van der Waals surface area contributed by atoms with Crippen molar-refractivity contribution in [2.24, 2.45) is 0 Å². The van der Waals surface area contributed by atoms with Crippen LogP contribution < -0.4 is 10.2 Å². The Balaban J connectivity index is 1.53. The number of aromatic nitrogens is 1. The number of alkyl halides is 3. The third-order valence-electron chi connectivity index (χ3n) is 3.61. The zero-order chi connectivity index (χ0) is 17.9. The summed E-state index contributed by atoms with van der Waals surface area (Å²) in [7, 11) is 0. The topological polar surface area (TPSA) is 48.5 Å². The van der Waals surface area contributed by atoms with Crippen molar-refractivity contribution in [1.29, 1.82) is 0 Å². The second kappa shape index (κ2) is 7.63. The van der Waals surface area contributed by atoms with Crippen LogP contribution in [0.25, 0.3) is 0 Å². The average Bonchev–Trinajstić information content (AvgIpc) is 3.08. The fourth-order valence-electron chi connectivity index (χ4n) is 2.34. The fourth-order valence-corrected chi connectivity index (χ4v) is 4.13. The van der Waals surface area contributed by atoms with Crippen LogP contribution in [0.4, 0.5) is 24.0 Å². The molecule has 0 unspecified atom stereocenters. The molecule has 1 aromatic heterocycles. The summed E-state index contributed by atoms with van der Waals surface area (Å²) in [6.45, 7) is 2.70. The van der Waals surface area contributed by atoms with Crippen LogP contribution in [0.2, 0.25) is 0 Å². The number of hydrogen-bond acceptors (Lipinski definition) is 6. The molecule has 134 valence electrons. The second-order valence-corrected chi connectivity index (χ2v) is 7.31. The summed E-state index contributed by atoms with van der Waals surface area (Å²) in [6, 6.07) is 7.47. The maximum Gasteiger partial charge on any atom is 0.434 e. The average molecular weight is 388 g/mol. The Morgan fingerprint density at radius 3 is 2.40 bits per heavy atom. The molecule has 25 heavy (non-hydrogen) atoms. The smallest absolute Gasteiger partial charge is 0.345 e. The van der Waals surface area contributed by atoms with E-state index in [9.17, 15) is 18.0 Å². The number of nitrogens with one attached hydrogen (secondary N) is 1. The molecule has 1 fully saturated rings. The van der Waals surface area contributed by atoms with Gasteiger partial charge in [-0.1, -0.05) is 0 Å². The SMILES string of the molecule is O=CNc1ccc(SN2CCN(c3nc(C(F)(F)F)cs3)CC2)cc1. The first kappa shape index (κ1) is 18.0. The van der Waals surface area contributed by atoms with E-state index in [1.807, 2.05) is 29.2 Å². The minimum absolute atomic E-state index is 0.418. The van der Waals surface area contributed by atoms with Gasteiger partial charge in [-0.05, 0) is 36.2 Å². The molecule has 1 N–H and O–H groups in total. The van der Waals surface area contributed by atoms with Crippen LogP contribution in [0.15, 0.2) is 34.5 Å². The van der Waals surface area contributed by atoms with E-state index in [0.29, 0.717) is 24.6 Å². The third kappa shape index (κ3) is 4.65. The molecule has 10 heteroatoms. The van der Waals surface area contributed by atoms with E-state index in [0.717, 1.165) is 40.4 Å². The van der Waals surface area contributed by atoms with Gasteiger partial charge in [0, 0.05) is 42.1 Å². The van der Waals surface area contributed by atoms with Crippen LogP contribution in [-0.2, 0) is 11.0 Å². The summed E-state index contributed by atoms with van der Waals surface area (Å²) >= 11 is 2.62. The van der Waals surface area contributed by atoms with E-state index in [1.54, 1.807) is 11.9 Å². The van der Waals surface area contributed by atoms with Crippen LogP contribution in [0.5, 0.6) is 0 Å². The van der Waals surface area contributed by atoms with Crippen LogP contribution in [0.3, 0.4) is 0 Å². The number of rotatable bonds is 5. The van der Waals surface area contributed by atoms with E-state index in [1.165, 1.54) is 0 Å². The molecule has 1 aliphatic heterocycles. The molecule has 2 heterocycles. The molecule has 0 saturated carbocycles. The van der Waals surface area contributed by atoms with Gasteiger partial charge >= 0.3 is 6.18 Å². The molecule has 0 spiro atoms. The number of anilines is 2. The molecule has 1 aromatic carbocycles. The Morgan fingerprint density at radius 2 is 1.84 bits per heavy atom. The van der Waals surface area contributed by atoms with Crippen LogP contribution in [-0.4, -0.2) is 41.9 Å². The van der Waals surface area contributed by atoms with E-state index in [4.69, 9.17) is 0 Å². The van der Waals surface area contributed by atoms with Gasteiger partial charge in [0.15, 0.2) is 10.8 Å². The molecule has 2 aromatic rings. The zero-order valence-electron chi connectivity index (χ0n) is 13.0. The maximum atomic E-state index is 12.6. The highest BCUT2D eigenvalue weighted by Gasteiger charge is 2.34. The summed E-state index contributed by atoms with van der Waals surface area (Å²) < 4.78 is 40.1. The van der Waals surface area contributed by atoms with Gasteiger partial charge < -0.3 is 10.2 Å². The zero-order valence-corrected chi connectivity index (χ0v) is 14.6. The van der Waals surface area contributed by atoms with Gasteiger partial charge in [-0.25, -0.2) is 9.29 Å². The van der Waals surface area contributed by atoms with Crippen molar-refractivity contribution >= 4 is 40.5 Å². The monoisotopic (exact) mass is 388 g/mol. The number of thiazole rings is 1. The van der Waals surface area contributed by atoms with Gasteiger partial charge in [0.25, 0.3) is 0 Å². The molecule has 5 nitrogen and oxygen atoms in total. The highest BCUT2D eigenvalue weighted by Crippen LogP contribution is 2.34. The number of hydrogen-bond donors (Lipinski definition) is 1. The lowest BCUT2D eigenvalue weighted by molar-refractivity contribution is -0.140. The fraction of sp³-hybridized carbons (Fsp3) is 0.333. The van der Waals surface area contributed by atoms with Crippen molar-refractivity contribution in [2.45, 2.75) is 11.1 Å². The standard InChI is InChI=1S/C15H15F3N4OS2/c16-15(17,18)13-9-24-14(20-13)21-5-7-22(8-6-21)25-12-3-1-11(2-4-12)19-10-23/h1-4,9-10H,5-8H2,(H,19,23). The van der Waals surface area contributed by atoms with Crippen molar-refractivity contribution in [1.82, 2.24) is 9.29 Å². The van der Waals surface area contributed by atoms with Gasteiger partial charge in [0.05, 0.1) is 0 Å². The summed E-state index contributed by atoms with van der Waals surface area (Å²) in [6.07, 6.45) is -3.76. The third-order valence-corrected chi connectivity index (χ3v) is 5.61. The summed E-state index contributed by atoms with van der Waals surface area (Å²) in [5.74, 6) is 0. The number of halogens is 3. The molecule has 1 amide bonds. The quantitative estimate of drug-likeness (QED) is 0.627. The van der Waals surface area contributed by atoms with E-state index >= 15 is 0 Å². The van der Waals surface area contributed by atoms with Crippen molar-refractivity contribution in [2.75, 3.05) is 36.4 Å². The van der Waals surface area contributed by atoms with Crippen LogP contribution in [0.1, 0.15) is 5.69 Å². The number of nitrogens with zero attached hydrogens (tertiary/aromatic N) is 3. The predicted octanol–water partition coefficient (Wildman–Crippen LogP) is 3.56. The van der Waals surface area contributed by atoms with E-state index in [-0.39, 0.29) is 0 Å². The molecule has 0 atom stereocenters. The lowest BCUT2D eigenvalue weighted by Crippen LogP contribution is -2.43. The Bertz CT molecular complexity index is 712. The van der Waals surface area contributed by atoms with Crippen molar-refractivity contribution < 1.29 is 18.0 Å². The maximum absolute atomic E-state index is 12.6. The molecule has 1 saturated heterocycles. The normalized spacial score (nSPS) is 16.0. The number of carbonyl (C=O) groups is 1. The highest BCUT2D eigenvalue weighted by atomic mass is 32.2. The molecule has 0 bridgehead atoms. The number of carbonyl (C=O) groups excluding carboxylic acids is 1. The van der Waals surface area contributed by atoms with E-state index < -0.39 is 11.9 Å². The molecule has 0 radical (unpaired) electrons. The Labute approximate surface area is 151 Å².